The summed E-state index contributed by atoms with van der Waals surface area (Å²) in [6.07, 6.45) is -2.04. The first-order chi connectivity index (χ1) is 12.2. The van der Waals surface area contributed by atoms with Crippen molar-refractivity contribution in [2.75, 3.05) is 5.73 Å². The number of esters is 2. The number of imidazole rings is 1. The zero-order valence-corrected chi connectivity index (χ0v) is 13.9. The Bertz CT molecular complexity index is 855. The summed E-state index contributed by atoms with van der Waals surface area (Å²) in [6, 6.07) is 0. The van der Waals surface area contributed by atoms with Crippen LogP contribution in [0.25, 0.3) is 11.2 Å². The highest BCUT2D eigenvalue weighted by Crippen LogP contribution is 2.41. The average molecular weight is 367 g/mol. The topological polar surface area (TPSA) is 172 Å². The number of carbonyl (C=O) groups excluding carboxylic acids is 2. The van der Waals surface area contributed by atoms with E-state index in [-0.39, 0.29) is 23.4 Å². The van der Waals surface area contributed by atoms with Gasteiger partial charge in [0.25, 0.3) is 5.79 Å². The molecule has 12 nitrogen and oxygen atoms in total. The minimum atomic E-state index is -2.16. The molecule has 12 heteroatoms. The number of rotatable bonds is 4. The fourth-order valence-corrected chi connectivity index (χ4v) is 2.79. The van der Waals surface area contributed by atoms with Crippen LogP contribution in [0.5, 0.6) is 0 Å². The molecule has 140 valence electrons. The molecule has 1 aliphatic rings. The fourth-order valence-electron chi connectivity index (χ4n) is 2.79. The van der Waals surface area contributed by atoms with Gasteiger partial charge in [0, 0.05) is 13.8 Å². The van der Waals surface area contributed by atoms with Crippen LogP contribution < -0.4 is 5.73 Å². The van der Waals surface area contributed by atoms with Crippen molar-refractivity contribution in [3.05, 3.63) is 12.7 Å². The molecule has 0 aromatic carbocycles. The van der Waals surface area contributed by atoms with Crippen molar-refractivity contribution < 1.29 is 34.0 Å². The number of nitrogens with zero attached hydrogens (tertiary/aromatic N) is 4. The normalized spacial score (nSPS) is 26.6. The monoisotopic (exact) mass is 367 g/mol. The van der Waals surface area contributed by atoms with Gasteiger partial charge in [0.2, 0.25) is 12.5 Å². The third kappa shape index (κ3) is 3.16. The zero-order valence-electron chi connectivity index (χ0n) is 13.9. The van der Waals surface area contributed by atoms with Crippen molar-refractivity contribution >= 4 is 28.9 Å². The summed E-state index contributed by atoms with van der Waals surface area (Å²) in [4.78, 5) is 34.4. The van der Waals surface area contributed by atoms with E-state index in [9.17, 15) is 19.8 Å². The molecule has 0 aliphatic carbocycles. The van der Waals surface area contributed by atoms with Crippen LogP contribution in [0.4, 0.5) is 5.82 Å². The summed E-state index contributed by atoms with van der Waals surface area (Å²) in [7, 11) is 0. The second-order valence-corrected chi connectivity index (χ2v) is 5.75. The van der Waals surface area contributed by atoms with E-state index < -0.39 is 36.3 Å². The highest BCUT2D eigenvalue weighted by molar-refractivity contribution is 5.81. The third-order valence-electron chi connectivity index (χ3n) is 3.75. The number of hydrogen-bond donors (Lipinski definition) is 3. The zero-order chi connectivity index (χ0) is 19.1. The number of carbonyl (C=O) groups is 2. The molecule has 1 unspecified atom stereocenters. The Hall–Kier alpha value is -2.83. The van der Waals surface area contributed by atoms with Gasteiger partial charge in [-0.2, -0.15) is 0 Å². The van der Waals surface area contributed by atoms with Crippen LogP contribution in [-0.4, -0.2) is 59.9 Å². The molecule has 2 aromatic rings. The summed E-state index contributed by atoms with van der Waals surface area (Å²) in [6.45, 7) is 2.22. The molecule has 1 saturated heterocycles. The van der Waals surface area contributed by atoms with Gasteiger partial charge in [0.1, 0.15) is 17.9 Å². The largest absolute Gasteiger partial charge is 0.433 e. The maximum atomic E-state index is 11.4. The van der Waals surface area contributed by atoms with E-state index in [1.54, 1.807) is 0 Å². The van der Waals surface area contributed by atoms with Crippen LogP contribution in [0.3, 0.4) is 0 Å². The first kappa shape index (κ1) is 18.0. The number of ether oxygens (including phenoxy) is 3. The number of fused-ring (bicyclic) bond motifs is 1. The van der Waals surface area contributed by atoms with Crippen molar-refractivity contribution in [3.8, 4) is 0 Å². The maximum Gasteiger partial charge on any atom is 0.305 e. The molecule has 3 heterocycles. The van der Waals surface area contributed by atoms with Crippen molar-refractivity contribution in [2.24, 2.45) is 0 Å². The van der Waals surface area contributed by atoms with Crippen LogP contribution in [0, 0.1) is 0 Å². The van der Waals surface area contributed by atoms with Gasteiger partial charge in [-0.15, -0.1) is 0 Å². The molecular weight excluding hydrogens is 350 g/mol. The third-order valence-corrected chi connectivity index (χ3v) is 3.75. The van der Waals surface area contributed by atoms with Crippen molar-refractivity contribution in [2.45, 2.75) is 44.7 Å². The van der Waals surface area contributed by atoms with E-state index in [1.807, 2.05) is 0 Å². The van der Waals surface area contributed by atoms with Crippen LogP contribution >= 0.6 is 0 Å². The van der Waals surface area contributed by atoms with E-state index in [4.69, 9.17) is 15.2 Å². The minimum absolute atomic E-state index is 0.110. The van der Waals surface area contributed by atoms with Gasteiger partial charge >= 0.3 is 11.9 Å². The second-order valence-electron chi connectivity index (χ2n) is 5.75. The molecular formula is C14H17N5O7. The Morgan fingerprint density at radius 1 is 1.38 bits per heavy atom. The Morgan fingerprint density at radius 3 is 2.77 bits per heavy atom. The molecule has 3 rings (SSSR count). The first-order valence-corrected chi connectivity index (χ1v) is 7.57. The van der Waals surface area contributed by atoms with Crippen LogP contribution in [0.1, 0.15) is 26.5 Å². The molecule has 0 bridgehead atoms. The lowest BCUT2D eigenvalue weighted by atomic mass is 10.1. The van der Waals surface area contributed by atoms with Gasteiger partial charge in [-0.1, -0.05) is 0 Å². The Balaban J connectivity index is 1.99. The quantitative estimate of drug-likeness (QED) is 0.439. The summed E-state index contributed by atoms with van der Waals surface area (Å²) >= 11 is 0. The van der Waals surface area contributed by atoms with Gasteiger partial charge in [0.05, 0.1) is 12.7 Å². The van der Waals surface area contributed by atoms with E-state index in [2.05, 4.69) is 19.7 Å². The van der Waals surface area contributed by atoms with Crippen LogP contribution in [-0.2, 0) is 23.8 Å². The van der Waals surface area contributed by atoms with E-state index in [0.717, 1.165) is 13.8 Å². The number of aromatic nitrogens is 4. The lowest BCUT2D eigenvalue weighted by Crippen LogP contribution is -2.40. The van der Waals surface area contributed by atoms with Crippen molar-refractivity contribution in [3.63, 3.8) is 0 Å². The summed E-state index contributed by atoms with van der Waals surface area (Å²) in [5.74, 6) is -3.57. The number of hydrogen-bond acceptors (Lipinski definition) is 11. The summed E-state index contributed by atoms with van der Waals surface area (Å²) in [5, 5.41) is 20.8. The Kier molecular flexibility index (Phi) is 4.48. The second kappa shape index (κ2) is 6.48. The number of aliphatic hydroxyl groups is 2. The van der Waals surface area contributed by atoms with Gasteiger partial charge < -0.3 is 30.2 Å². The SMILES string of the molecule is CC(=O)OC(O)[C@@H]1C[C@](O)(OC(C)=O)[C@H](n2cnc3c(N)ncnc32)O1. The maximum absolute atomic E-state index is 11.4. The highest BCUT2D eigenvalue weighted by Gasteiger charge is 2.54. The summed E-state index contributed by atoms with van der Waals surface area (Å²) < 4.78 is 16.6. The molecule has 0 radical (unpaired) electrons. The number of nitrogens with two attached hydrogens (primary N) is 1. The predicted molar refractivity (Wildman–Crippen MR) is 82.8 cm³/mol. The highest BCUT2D eigenvalue weighted by atomic mass is 16.7. The minimum Gasteiger partial charge on any atom is -0.433 e. The molecule has 26 heavy (non-hydrogen) atoms. The van der Waals surface area contributed by atoms with Crippen molar-refractivity contribution in [1.82, 2.24) is 19.5 Å². The fraction of sp³-hybridized carbons (Fsp3) is 0.500. The number of nitrogen functional groups attached to an aromatic ring is 1. The molecule has 2 aromatic heterocycles. The molecule has 1 aliphatic heterocycles. The van der Waals surface area contributed by atoms with Crippen molar-refractivity contribution in [1.29, 1.82) is 0 Å². The molecule has 4 N–H and O–H groups in total. The average Bonchev–Trinajstić information content (AvgIpc) is 3.08. The van der Waals surface area contributed by atoms with Gasteiger partial charge in [-0.3, -0.25) is 14.2 Å². The van der Waals surface area contributed by atoms with Crippen LogP contribution in [0.2, 0.25) is 0 Å². The number of anilines is 1. The Labute approximate surface area is 146 Å². The number of aliphatic hydroxyl groups excluding tert-OH is 1. The molecule has 0 saturated carbocycles. The summed E-state index contributed by atoms with van der Waals surface area (Å²) in [5.41, 5.74) is 6.21. The van der Waals surface area contributed by atoms with Crippen LogP contribution in [0.15, 0.2) is 12.7 Å². The van der Waals surface area contributed by atoms with E-state index in [0.29, 0.717) is 0 Å². The smallest absolute Gasteiger partial charge is 0.305 e. The Morgan fingerprint density at radius 2 is 2.12 bits per heavy atom. The molecule has 1 fully saturated rings. The van der Waals surface area contributed by atoms with Gasteiger partial charge in [-0.25, -0.2) is 15.0 Å². The van der Waals surface area contributed by atoms with E-state index in [1.165, 1.54) is 17.2 Å². The molecule has 4 atom stereocenters. The first-order valence-electron chi connectivity index (χ1n) is 7.57. The van der Waals surface area contributed by atoms with Gasteiger partial charge in [-0.05, 0) is 0 Å². The predicted octanol–water partition coefficient (Wildman–Crippen LogP) is -1.17. The van der Waals surface area contributed by atoms with Gasteiger partial charge in [0.15, 0.2) is 11.5 Å². The lowest BCUT2D eigenvalue weighted by molar-refractivity contribution is -0.242. The standard InChI is InChI=1S/C14H17N5O7/c1-6(20)24-12(22)8-3-14(23,26-7(2)21)13(25-8)19-5-18-9-10(15)16-4-17-11(9)19/h4-5,8,12-13,22-23H,3H2,1-2H3,(H2,15,16,17)/t8-,12?,13+,14-/m0/s1. The van der Waals surface area contributed by atoms with E-state index >= 15 is 0 Å². The molecule has 0 spiro atoms. The molecule has 0 amide bonds. The lowest BCUT2D eigenvalue weighted by Gasteiger charge is -2.28.